The van der Waals surface area contributed by atoms with Gasteiger partial charge in [-0.25, -0.2) is 0 Å². The molecule has 3 rings (SSSR count). The summed E-state index contributed by atoms with van der Waals surface area (Å²) >= 11 is 5.64. The molecule has 1 fully saturated rings. The summed E-state index contributed by atoms with van der Waals surface area (Å²) in [6, 6.07) is 9.63. The van der Waals surface area contributed by atoms with Gasteiger partial charge >= 0.3 is 0 Å². The van der Waals surface area contributed by atoms with Gasteiger partial charge in [0.1, 0.15) is 0 Å². The van der Waals surface area contributed by atoms with E-state index in [0.29, 0.717) is 37.2 Å². The van der Waals surface area contributed by atoms with Crippen molar-refractivity contribution in [3.8, 4) is 0 Å². The highest BCUT2D eigenvalue weighted by atomic mass is 35.5. The van der Waals surface area contributed by atoms with Crippen LogP contribution in [0.3, 0.4) is 0 Å². The molecule has 1 saturated heterocycles. The van der Waals surface area contributed by atoms with Crippen LogP contribution in [0.25, 0.3) is 0 Å². The van der Waals surface area contributed by atoms with Crippen LogP contribution in [0.15, 0.2) is 40.8 Å². The Bertz CT molecular complexity index is 733. The average molecular weight is 349 g/mol. The Kier molecular flexibility index (Phi) is 4.87. The highest BCUT2D eigenvalue weighted by Crippen LogP contribution is 2.18. The maximum Gasteiger partial charge on any atom is 0.291 e. The number of hydrogen-bond donors (Lipinski definition) is 2. The molecule has 1 aromatic heterocycles. The van der Waals surface area contributed by atoms with Gasteiger partial charge in [0.25, 0.3) is 11.8 Å². The molecular formula is C17H17ClN2O4. The molecule has 1 aromatic carbocycles. The van der Waals surface area contributed by atoms with Gasteiger partial charge in [0.2, 0.25) is 0 Å². The van der Waals surface area contributed by atoms with E-state index in [0.717, 1.165) is 0 Å². The van der Waals surface area contributed by atoms with Crippen molar-refractivity contribution in [3.05, 3.63) is 52.9 Å². The summed E-state index contributed by atoms with van der Waals surface area (Å²) in [6.07, 6.45) is 0.888. The van der Waals surface area contributed by atoms with Crippen LogP contribution in [0.5, 0.6) is 0 Å². The second-order valence-corrected chi connectivity index (χ2v) is 6.03. The molecule has 1 aliphatic rings. The van der Waals surface area contributed by atoms with E-state index in [4.69, 9.17) is 16.0 Å². The number of amides is 2. The lowest BCUT2D eigenvalue weighted by molar-refractivity contribution is 0.0546. The molecule has 0 radical (unpaired) electrons. The van der Waals surface area contributed by atoms with Crippen molar-refractivity contribution in [1.82, 2.24) is 4.90 Å². The number of aliphatic hydroxyl groups is 1. The fourth-order valence-corrected chi connectivity index (χ4v) is 2.72. The summed E-state index contributed by atoms with van der Waals surface area (Å²) in [4.78, 5) is 26.1. The van der Waals surface area contributed by atoms with Crippen molar-refractivity contribution in [2.75, 3.05) is 18.4 Å². The zero-order chi connectivity index (χ0) is 17.1. The first-order valence-corrected chi connectivity index (χ1v) is 8.05. The maximum atomic E-state index is 12.4. The minimum atomic E-state index is -0.411. The van der Waals surface area contributed by atoms with Crippen molar-refractivity contribution >= 4 is 29.1 Å². The molecule has 0 saturated carbocycles. The Labute approximate surface area is 144 Å². The molecule has 2 N–H and O–H groups in total. The lowest BCUT2D eigenvalue weighted by atomic mass is 10.1. The number of halogens is 1. The van der Waals surface area contributed by atoms with Crippen LogP contribution in [-0.4, -0.2) is 41.0 Å². The monoisotopic (exact) mass is 348 g/mol. The van der Waals surface area contributed by atoms with E-state index >= 15 is 0 Å². The first-order chi connectivity index (χ1) is 11.5. The van der Waals surface area contributed by atoms with Gasteiger partial charge in [-0.2, -0.15) is 0 Å². The molecule has 0 unspecified atom stereocenters. The second-order valence-electron chi connectivity index (χ2n) is 5.66. The molecular weight excluding hydrogens is 332 g/mol. The van der Waals surface area contributed by atoms with Gasteiger partial charge in [-0.05, 0) is 60.8 Å². The van der Waals surface area contributed by atoms with E-state index in [9.17, 15) is 14.7 Å². The van der Waals surface area contributed by atoms with Crippen LogP contribution in [0.4, 0.5) is 5.69 Å². The van der Waals surface area contributed by atoms with Crippen molar-refractivity contribution in [1.29, 1.82) is 0 Å². The quantitative estimate of drug-likeness (QED) is 0.893. The standard InChI is InChI=1S/C17H17ClN2O4/c18-15-6-5-14(24-15)16(22)19-12-3-1-11(2-4-12)17(23)20-9-7-13(21)8-10-20/h1-6,13,21H,7-10H2,(H,19,22). The largest absolute Gasteiger partial charge is 0.440 e. The number of hydrogen-bond acceptors (Lipinski definition) is 4. The van der Waals surface area contributed by atoms with Crippen molar-refractivity contribution < 1.29 is 19.1 Å². The van der Waals surface area contributed by atoms with Crippen LogP contribution in [-0.2, 0) is 0 Å². The lowest BCUT2D eigenvalue weighted by Crippen LogP contribution is -2.40. The zero-order valence-electron chi connectivity index (χ0n) is 12.9. The van der Waals surface area contributed by atoms with E-state index in [1.807, 2.05) is 0 Å². The van der Waals surface area contributed by atoms with E-state index < -0.39 is 5.91 Å². The number of piperidine rings is 1. The molecule has 2 aromatic rings. The molecule has 0 bridgehead atoms. The molecule has 0 spiro atoms. The number of carbonyl (C=O) groups excluding carboxylic acids is 2. The number of nitrogens with zero attached hydrogens (tertiary/aromatic N) is 1. The zero-order valence-corrected chi connectivity index (χ0v) is 13.6. The predicted octanol–water partition coefficient (Wildman–Crippen LogP) is 2.78. The molecule has 2 heterocycles. The lowest BCUT2D eigenvalue weighted by Gasteiger charge is -2.29. The SMILES string of the molecule is O=C(Nc1ccc(C(=O)N2CCC(O)CC2)cc1)c1ccc(Cl)o1. The van der Waals surface area contributed by atoms with Gasteiger partial charge in [0.15, 0.2) is 11.0 Å². The molecule has 126 valence electrons. The molecule has 7 heteroatoms. The van der Waals surface area contributed by atoms with Crippen LogP contribution in [0, 0.1) is 0 Å². The first kappa shape index (κ1) is 16.5. The van der Waals surface area contributed by atoms with Gasteiger partial charge < -0.3 is 19.7 Å². The normalized spacial score (nSPS) is 15.3. The third-order valence-electron chi connectivity index (χ3n) is 3.94. The van der Waals surface area contributed by atoms with Crippen molar-refractivity contribution in [2.45, 2.75) is 18.9 Å². The summed E-state index contributed by atoms with van der Waals surface area (Å²) in [5.41, 5.74) is 1.10. The second kappa shape index (κ2) is 7.07. The van der Waals surface area contributed by atoms with Gasteiger partial charge in [-0.15, -0.1) is 0 Å². The minimum absolute atomic E-state index is 0.0717. The van der Waals surface area contributed by atoms with Gasteiger partial charge in [-0.1, -0.05) is 0 Å². The van der Waals surface area contributed by atoms with Gasteiger partial charge in [0, 0.05) is 24.3 Å². The summed E-state index contributed by atoms with van der Waals surface area (Å²) in [7, 11) is 0. The van der Waals surface area contributed by atoms with Gasteiger partial charge in [-0.3, -0.25) is 9.59 Å². The molecule has 0 atom stereocenters. The Morgan fingerprint density at radius 1 is 1.12 bits per heavy atom. The fourth-order valence-electron chi connectivity index (χ4n) is 2.58. The number of carbonyl (C=O) groups is 2. The van der Waals surface area contributed by atoms with Gasteiger partial charge in [0.05, 0.1) is 6.10 Å². The Hall–Kier alpha value is -2.31. The highest BCUT2D eigenvalue weighted by molar-refractivity contribution is 6.29. The smallest absolute Gasteiger partial charge is 0.291 e. The number of nitrogens with one attached hydrogen (secondary N) is 1. The van der Waals surface area contributed by atoms with E-state index in [1.165, 1.54) is 12.1 Å². The van der Waals surface area contributed by atoms with E-state index in [1.54, 1.807) is 29.2 Å². The number of benzene rings is 1. The van der Waals surface area contributed by atoms with Crippen LogP contribution < -0.4 is 5.32 Å². The third-order valence-corrected chi connectivity index (χ3v) is 4.14. The Morgan fingerprint density at radius 2 is 1.79 bits per heavy atom. The van der Waals surface area contributed by atoms with E-state index in [2.05, 4.69) is 5.32 Å². The maximum absolute atomic E-state index is 12.4. The molecule has 1 aliphatic heterocycles. The first-order valence-electron chi connectivity index (χ1n) is 7.67. The number of likely N-dealkylation sites (tertiary alicyclic amines) is 1. The summed E-state index contributed by atoms with van der Waals surface area (Å²) in [5, 5.41) is 12.3. The van der Waals surface area contributed by atoms with Crippen LogP contribution in [0.2, 0.25) is 5.22 Å². The molecule has 6 nitrogen and oxygen atoms in total. The Morgan fingerprint density at radius 3 is 2.38 bits per heavy atom. The predicted molar refractivity (Wildman–Crippen MR) is 89.3 cm³/mol. The minimum Gasteiger partial charge on any atom is -0.440 e. The number of rotatable bonds is 3. The third kappa shape index (κ3) is 3.77. The summed E-state index contributed by atoms with van der Waals surface area (Å²) in [6.45, 7) is 1.11. The van der Waals surface area contributed by atoms with Crippen LogP contribution in [0.1, 0.15) is 33.8 Å². The number of furan rings is 1. The molecule has 2 amide bonds. The Balaban J connectivity index is 1.62. The number of anilines is 1. The highest BCUT2D eigenvalue weighted by Gasteiger charge is 2.22. The molecule has 0 aliphatic carbocycles. The van der Waals surface area contributed by atoms with E-state index in [-0.39, 0.29) is 23.0 Å². The number of aliphatic hydroxyl groups excluding tert-OH is 1. The fraction of sp³-hybridized carbons (Fsp3) is 0.294. The summed E-state index contributed by atoms with van der Waals surface area (Å²) < 4.78 is 5.04. The molecule has 24 heavy (non-hydrogen) atoms. The average Bonchev–Trinajstić information content (AvgIpc) is 3.02. The van der Waals surface area contributed by atoms with Crippen molar-refractivity contribution in [3.63, 3.8) is 0 Å². The van der Waals surface area contributed by atoms with Crippen LogP contribution >= 0.6 is 11.6 Å². The summed E-state index contributed by atoms with van der Waals surface area (Å²) in [5.74, 6) is -0.365. The van der Waals surface area contributed by atoms with Crippen molar-refractivity contribution in [2.24, 2.45) is 0 Å². The topological polar surface area (TPSA) is 82.8 Å².